The van der Waals surface area contributed by atoms with Crippen LogP contribution in [0.25, 0.3) is 0 Å². The summed E-state index contributed by atoms with van der Waals surface area (Å²) in [5.74, 6) is 1.29. The Morgan fingerprint density at radius 1 is 1.59 bits per heavy atom. The number of piperidine rings is 1. The molecule has 0 spiro atoms. The van der Waals surface area contributed by atoms with E-state index >= 15 is 0 Å². The molecule has 1 amide bonds. The van der Waals surface area contributed by atoms with Crippen LogP contribution in [0.4, 0.5) is 11.5 Å². The first kappa shape index (κ1) is 10.8. The number of halogens is 1. The zero-order chi connectivity index (χ0) is 12.0. The molecule has 1 fully saturated rings. The van der Waals surface area contributed by atoms with E-state index in [0.717, 1.165) is 30.9 Å². The summed E-state index contributed by atoms with van der Waals surface area (Å²) in [5.41, 5.74) is 0.729. The second-order valence-electron chi connectivity index (χ2n) is 4.77. The molecule has 1 N–H and O–H groups in total. The average molecular weight is 252 g/mol. The topological polar surface area (TPSA) is 45.2 Å². The minimum absolute atomic E-state index is 0.0637. The lowest BCUT2D eigenvalue weighted by atomic mass is 9.89. The van der Waals surface area contributed by atoms with Gasteiger partial charge in [0.1, 0.15) is 6.04 Å². The van der Waals surface area contributed by atoms with Gasteiger partial charge in [0, 0.05) is 12.7 Å². The molecule has 0 aliphatic carbocycles. The number of nitrogens with zero attached hydrogens (tertiary/aromatic N) is 2. The SMILES string of the molecule is CC1CCCN2c3ncc(Cl)cc3NC(=O)C12. The van der Waals surface area contributed by atoms with Crippen molar-refractivity contribution in [1.29, 1.82) is 0 Å². The first-order valence-electron chi connectivity index (χ1n) is 5.90. The van der Waals surface area contributed by atoms with Crippen LogP contribution in [0, 0.1) is 5.92 Å². The summed E-state index contributed by atoms with van der Waals surface area (Å²) in [5, 5.41) is 3.45. The summed E-state index contributed by atoms with van der Waals surface area (Å²) >= 11 is 5.90. The number of hydrogen-bond donors (Lipinski definition) is 1. The standard InChI is InChI=1S/C12H14ClN3O/c1-7-3-2-4-16-10(7)12(17)15-9-5-8(13)6-14-11(9)16/h5-7,10H,2-4H2,1H3,(H,15,17). The monoisotopic (exact) mass is 251 g/mol. The number of carbonyl (C=O) groups is 1. The van der Waals surface area contributed by atoms with Gasteiger partial charge in [-0.1, -0.05) is 18.5 Å². The predicted octanol–water partition coefficient (Wildman–Crippen LogP) is 2.29. The number of hydrogen-bond acceptors (Lipinski definition) is 3. The van der Waals surface area contributed by atoms with Crippen LogP contribution in [0.3, 0.4) is 0 Å². The van der Waals surface area contributed by atoms with Crippen molar-refractivity contribution in [2.24, 2.45) is 5.92 Å². The zero-order valence-corrected chi connectivity index (χ0v) is 10.4. The highest BCUT2D eigenvalue weighted by atomic mass is 35.5. The fraction of sp³-hybridized carbons (Fsp3) is 0.500. The highest BCUT2D eigenvalue weighted by Crippen LogP contribution is 2.37. The summed E-state index contributed by atoms with van der Waals surface area (Å²) in [4.78, 5) is 18.6. The highest BCUT2D eigenvalue weighted by Gasteiger charge is 2.39. The zero-order valence-electron chi connectivity index (χ0n) is 9.61. The van der Waals surface area contributed by atoms with Gasteiger partial charge in [-0.3, -0.25) is 4.79 Å². The Hall–Kier alpha value is -1.29. The summed E-state index contributed by atoms with van der Waals surface area (Å²) in [7, 11) is 0. The molecule has 0 radical (unpaired) electrons. The molecule has 17 heavy (non-hydrogen) atoms. The third kappa shape index (κ3) is 1.67. The second-order valence-corrected chi connectivity index (χ2v) is 5.21. The first-order chi connectivity index (χ1) is 8.16. The molecule has 2 atom stereocenters. The molecule has 1 saturated heterocycles. The maximum atomic E-state index is 12.1. The summed E-state index contributed by atoms with van der Waals surface area (Å²) in [6.45, 7) is 3.02. The Morgan fingerprint density at radius 2 is 2.41 bits per heavy atom. The maximum Gasteiger partial charge on any atom is 0.247 e. The van der Waals surface area contributed by atoms with E-state index in [1.54, 1.807) is 12.3 Å². The van der Waals surface area contributed by atoms with Crippen molar-refractivity contribution in [3.05, 3.63) is 17.3 Å². The van der Waals surface area contributed by atoms with Crippen LogP contribution in [0.1, 0.15) is 19.8 Å². The Bertz CT molecular complexity index is 477. The normalized spacial score (nSPS) is 27.2. The molecule has 2 unspecified atom stereocenters. The minimum Gasteiger partial charge on any atom is -0.343 e. The number of aromatic nitrogens is 1. The van der Waals surface area contributed by atoms with E-state index in [9.17, 15) is 4.79 Å². The van der Waals surface area contributed by atoms with Crippen LogP contribution in [0.15, 0.2) is 12.3 Å². The van der Waals surface area contributed by atoms with E-state index in [2.05, 4.69) is 22.1 Å². The molecule has 0 saturated carbocycles. The fourth-order valence-electron chi connectivity index (χ4n) is 2.78. The average Bonchev–Trinajstić information content (AvgIpc) is 2.28. The van der Waals surface area contributed by atoms with E-state index in [0.29, 0.717) is 10.9 Å². The van der Waals surface area contributed by atoms with Gasteiger partial charge in [-0.25, -0.2) is 4.98 Å². The van der Waals surface area contributed by atoms with E-state index in [1.807, 2.05) is 0 Å². The molecule has 2 aliphatic rings. The number of fused-ring (bicyclic) bond motifs is 3. The lowest BCUT2D eigenvalue weighted by Gasteiger charge is -2.43. The number of pyridine rings is 1. The molecule has 1 aromatic rings. The van der Waals surface area contributed by atoms with Gasteiger partial charge in [0.05, 0.1) is 10.7 Å². The number of rotatable bonds is 0. The van der Waals surface area contributed by atoms with Gasteiger partial charge in [-0.2, -0.15) is 0 Å². The molecule has 1 aromatic heterocycles. The smallest absolute Gasteiger partial charge is 0.247 e. The van der Waals surface area contributed by atoms with E-state index in [1.165, 1.54) is 0 Å². The predicted molar refractivity (Wildman–Crippen MR) is 67.4 cm³/mol. The molecule has 0 bridgehead atoms. The molecular formula is C12H14ClN3O. The van der Waals surface area contributed by atoms with Gasteiger partial charge in [0.25, 0.3) is 0 Å². The van der Waals surface area contributed by atoms with Crippen molar-refractivity contribution in [2.45, 2.75) is 25.8 Å². The van der Waals surface area contributed by atoms with Gasteiger partial charge in [-0.15, -0.1) is 0 Å². The number of nitrogens with one attached hydrogen (secondary N) is 1. The summed E-state index contributed by atoms with van der Waals surface area (Å²) in [6, 6.07) is 1.68. The van der Waals surface area contributed by atoms with Crippen molar-refractivity contribution < 1.29 is 4.79 Å². The van der Waals surface area contributed by atoms with Crippen molar-refractivity contribution in [1.82, 2.24) is 4.98 Å². The lowest BCUT2D eigenvalue weighted by molar-refractivity contribution is -0.119. The Labute approximate surface area is 105 Å². The third-order valence-electron chi connectivity index (χ3n) is 3.57. The second kappa shape index (κ2) is 3.88. The van der Waals surface area contributed by atoms with Crippen LogP contribution in [0.2, 0.25) is 5.02 Å². The Balaban J connectivity index is 2.07. The molecule has 0 aromatic carbocycles. The van der Waals surface area contributed by atoms with Crippen molar-refractivity contribution >= 4 is 29.0 Å². The largest absolute Gasteiger partial charge is 0.343 e. The highest BCUT2D eigenvalue weighted by molar-refractivity contribution is 6.31. The van der Waals surface area contributed by atoms with Gasteiger partial charge < -0.3 is 10.2 Å². The van der Waals surface area contributed by atoms with Gasteiger partial charge in [-0.05, 0) is 24.8 Å². The van der Waals surface area contributed by atoms with Gasteiger partial charge in [0.2, 0.25) is 5.91 Å². The van der Waals surface area contributed by atoms with Crippen molar-refractivity contribution in [3.8, 4) is 0 Å². The van der Waals surface area contributed by atoms with Crippen molar-refractivity contribution in [3.63, 3.8) is 0 Å². The number of carbonyl (C=O) groups excluding carboxylic acids is 1. The lowest BCUT2D eigenvalue weighted by Crippen LogP contribution is -2.54. The van der Waals surface area contributed by atoms with Crippen LogP contribution in [0.5, 0.6) is 0 Å². The Morgan fingerprint density at radius 3 is 3.24 bits per heavy atom. The maximum absolute atomic E-state index is 12.1. The van der Waals surface area contributed by atoms with Crippen molar-refractivity contribution in [2.75, 3.05) is 16.8 Å². The third-order valence-corrected chi connectivity index (χ3v) is 3.77. The number of anilines is 2. The number of amides is 1. The molecular weight excluding hydrogens is 238 g/mol. The summed E-state index contributed by atoms with van der Waals surface area (Å²) in [6.07, 6.45) is 3.83. The van der Waals surface area contributed by atoms with Gasteiger partial charge in [0.15, 0.2) is 5.82 Å². The molecule has 3 heterocycles. The van der Waals surface area contributed by atoms with Crippen LogP contribution < -0.4 is 10.2 Å². The molecule has 5 heteroatoms. The van der Waals surface area contributed by atoms with Crippen LogP contribution >= 0.6 is 11.6 Å². The van der Waals surface area contributed by atoms with E-state index in [4.69, 9.17) is 11.6 Å². The van der Waals surface area contributed by atoms with Crippen LogP contribution in [-0.2, 0) is 4.79 Å². The Kier molecular flexibility index (Phi) is 2.47. The summed E-state index contributed by atoms with van der Waals surface area (Å²) < 4.78 is 0. The fourth-order valence-corrected chi connectivity index (χ4v) is 2.94. The quantitative estimate of drug-likeness (QED) is 0.770. The molecule has 2 aliphatic heterocycles. The molecule has 90 valence electrons. The molecule has 3 rings (SSSR count). The first-order valence-corrected chi connectivity index (χ1v) is 6.27. The van der Waals surface area contributed by atoms with E-state index in [-0.39, 0.29) is 11.9 Å². The van der Waals surface area contributed by atoms with Gasteiger partial charge >= 0.3 is 0 Å². The minimum atomic E-state index is -0.0788. The van der Waals surface area contributed by atoms with Crippen LogP contribution in [-0.4, -0.2) is 23.5 Å². The van der Waals surface area contributed by atoms with E-state index < -0.39 is 0 Å². The molecule has 4 nitrogen and oxygen atoms in total.